The third-order valence-corrected chi connectivity index (χ3v) is 9.14. The van der Waals surface area contributed by atoms with Gasteiger partial charge in [0.05, 0.1) is 12.0 Å². The summed E-state index contributed by atoms with van der Waals surface area (Å²) in [5.74, 6) is 3.31. The molecule has 3 N–H and O–H groups in total. The van der Waals surface area contributed by atoms with Crippen LogP contribution in [0.1, 0.15) is 82.8 Å². The minimum atomic E-state index is -0.690. The lowest BCUT2D eigenvalue weighted by molar-refractivity contribution is -0.146. The molecule has 202 valence electrons. The first kappa shape index (κ1) is 26.3. The molecule has 3 saturated carbocycles. The molecule has 2 unspecified atom stereocenters. The lowest BCUT2D eigenvalue weighted by Crippen LogP contribution is -2.39. The molecule has 0 saturated heterocycles. The first-order chi connectivity index (χ1) is 17.7. The molecule has 1 heterocycles. The summed E-state index contributed by atoms with van der Waals surface area (Å²) in [6.45, 7) is 8.68. The van der Waals surface area contributed by atoms with Crippen LogP contribution in [0.15, 0.2) is 29.5 Å². The van der Waals surface area contributed by atoms with Crippen molar-refractivity contribution in [1.29, 1.82) is 0 Å². The predicted octanol–water partition coefficient (Wildman–Crippen LogP) is 6.39. The number of rotatable bonds is 11. The van der Waals surface area contributed by atoms with Crippen molar-refractivity contribution in [2.75, 3.05) is 5.32 Å². The van der Waals surface area contributed by atoms with Gasteiger partial charge in [0.2, 0.25) is 5.91 Å². The third-order valence-electron chi connectivity index (χ3n) is 9.14. The molecule has 3 fully saturated rings. The number of hydrogen-bond acceptors (Lipinski definition) is 4. The molecular weight excluding hydrogens is 464 g/mol. The number of benzene rings is 1. The Balaban J connectivity index is 1.31. The van der Waals surface area contributed by atoms with Gasteiger partial charge in [-0.3, -0.25) is 9.59 Å². The van der Waals surface area contributed by atoms with Crippen LogP contribution >= 0.6 is 0 Å². The maximum absolute atomic E-state index is 13.3. The highest BCUT2D eigenvalue weighted by Crippen LogP contribution is 2.52. The molecule has 1 aromatic carbocycles. The van der Waals surface area contributed by atoms with Gasteiger partial charge in [0.1, 0.15) is 5.76 Å². The van der Waals surface area contributed by atoms with Gasteiger partial charge in [-0.1, -0.05) is 31.5 Å². The number of amides is 1. The second-order valence-corrected chi connectivity index (χ2v) is 12.9. The minimum Gasteiger partial charge on any atom is -0.481 e. The molecule has 0 bridgehead atoms. The summed E-state index contributed by atoms with van der Waals surface area (Å²) in [6, 6.07) is 6.14. The second kappa shape index (κ2) is 10.8. The van der Waals surface area contributed by atoms with Crippen LogP contribution in [0.25, 0.3) is 0 Å². The Bertz CT molecular complexity index is 1050. The number of aliphatic carboxylic acids is 1. The fraction of sp³-hybridized carbons (Fsp3) is 0.677. The average molecular weight is 509 g/mol. The summed E-state index contributed by atoms with van der Waals surface area (Å²) < 4.78 is 0. The number of nitrogens with one attached hydrogen (secondary N) is 2. The molecule has 0 radical (unpaired) electrons. The van der Waals surface area contributed by atoms with E-state index in [1.165, 1.54) is 49.0 Å². The Morgan fingerprint density at radius 1 is 1.05 bits per heavy atom. The smallest absolute Gasteiger partial charge is 0.306 e. The molecule has 37 heavy (non-hydrogen) atoms. The van der Waals surface area contributed by atoms with Crippen LogP contribution in [0.5, 0.6) is 0 Å². The van der Waals surface area contributed by atoms with Crippen LogP contribution in [0.2, 0.25) is 0 Å². The Labute approximate surface area is 221 Å². The van der Waals surface area contributed by atoms with Gasteiger partial charge < -0.3 is 15.3 Å². The van der Waals surface area contributed by atoms with Crippen molar-refractivity contribution in [3.8, 4) is 0 Å². The fourth-order valence-corrected chi connectivity index (χ4v) is 7.02. The van der Waals surface area contributed by atoms with E-state index in [0.29, 0.717) is 37.0 Å². The predicted molar refractivity (Wildman–Crippen MR) is 145 cm³/mol. The van der Waals surface area contributed by atoms with E-state index in [9.17, 15) is 14.7 Å². The van der Waals surface area contributed by atoms with E-state index >= 15 is 0 Å². The molecule has 2 atom stereocenters. The molecule has 0 aromatic heterocycles. The van der Waals surface area contributed by atoms with Crippen molar-refractivity contribution >= 4 is 17.6 Å². The van der Waals surface area contributed by atoms with Crippen LogP contribution in [0, 0.1) is 55.3 Å². The van der Waals surface area contributed by atoms with Crippen molar-refractivity contribution in [2.24, 2.45) is 41.4 Å². The van der Waals surface area contributed by atoms with Gasteiger partial charge in [0.15, 0.2) is 0 Å². The second-order valence-electron chi connectivity index (χ2n) is 12.9. The van der Waals surface area contributed by atoms with Crippen molar-refractivity contribution in [3.63, 3.8) is 0 Å². The van der Waals surface area contributed by atoms with E-state index in [1.807, 2.05) is 19.1 Å². The van der Waals surface area contributed by atoms with E-state index in [2.05, 4.69) is 37.6 Å². The van der Waals surface area contributed by atoms with Crippen LogP contribution in [0.4, 0.5) is 5.69 Å². The Hall–Kier alpha value is -2.34. The van der Waals surface area contributed by atoms with Gasteiger partial charge >= 0.3 is 5.97 Å². The van der Waals surface area contributed by atoms with E-state index in [-0.39, 0.29) is 23.8 Å². The molecule has 5 rings (SSSR count). The van der Waals surface area contributed by atoms with Gasteiger partial charge in [0, 0.05) is 18.0 Å². The SMILES string of the molecule is Cc1ccc(NC(=O)CC(CC2CC(C(=O)O)C2)C2NOC(C3CC(CC(C)C)C3)=C2C2CC2)c(C)c1. The first-order valence-corrected chi connectivity index (χ1v) is 14.4. The molecule has 6 nitrogen and oxygen atoms in total. The summed E-state index contributed by atoms with van der Waals surface area (Å²) in [6.07, 6.45) is 8.80. The number of allylic oxidation sites excluding steroid dienone is 1. The Morgan fingerprint density at radius 3 is 2.38 bits per heavy atom. The molecule has 0 spiro atoms. The largest absolute Gasteiger partial charge is 0.481 e. The monoisotopic (exact) mass is 508 g/mol. The fourth-order valence-electron chi connectivity index (χ4n) is 7.02. The molecule has 1 aliphatic heterocycles. The number of aryl methyl sites for hydroxylation is 2. The highest BCUT2D eigenvalue weighted by atomic mass is 16.7. The Kier molecular flexibility index (Phi) is 7.67. The highest BCUT2D eigenvalue weighted by molar-refractivity contribution is 5.91. The number of hydrogen-bond donors (Lipinski definition) is 3. The zero-order valence-corrected chi connectivity index (χ0v) is 22.9. The van der Waals surface area contributed by atoms with Crippen LogP contribution in [-0.2, 0) is 14.4 Å². The normalized spacial score (nSPS) is 29.9. The number of carboxylic acids is 1. The molecule has 1 aromatic rings. The first-order valence-electron chi connectivity index (χ1n) is 14.4. The van der Waals surface area contributed by atoms with Gasteiger partial charge in [-0.25, -0.2) is 0 Å². The summed E-state index contributed by atoms with van der Waals surface area (Å²) >= 11 is 0. The lowest BCUT2D eigenvalue weighted by atomic mass is 9.67. The summed E-state index contributed by atoms with van der Waals surface area (Å²) in [5.41, 5.74) is 7.92. The zero-order valence-electron chi connectivity index (χ0n) is 22.9. The Morgan fingerprint density at radius 2 is 1.76 bits per heavy atom. The van der Waals surface area contributed by atoms with Crippen molar-refractivity contribution in [2.45, 2.75) is 91.5 Å². The van der Waals surface area contributed by atoms with Crippen molar-refractivity contribution in [1.82, 2.24) is 5.48 Å². The number of carbonyl (C=O) groups is 2. The topological polar surface area (TPSA) is 87.7 Å². The van der Waals surface area contributed by atoms with Gasteiger partial charge in [-0.05, 0) is 112 Å². The summed E-state index contributed by atoms with van der Waals surface area (Å²) in [4.78, 5) is 31.0. The number of hydroxylamine groups is 1. The highest BCUT2D eigenvalue weighted by Gasteiger charge is 2.48. The maximum atomic E-state index is 13.3. The quantitative estimate of drug-likeness (QED) is 0.322. The van der Waals surface area contributed by atoms with E-state index in [1.54, 1.807) is 0 Å². The molecular formula is C31H44N2O4. The molecule has 3 aliphatic carbocycles. The minimum absolute atomic E-state index is 0.0251. The van der Waals surface area contributed by atoms with E-state index in [4.69, 9.17) is 4.84 Å². The van der Waals surface area contributed by atoms with Crippen LogP contribution < -0.4 is 10.8 Å². The number of carboxylic acid groups (broad SMARTS) is 1. The van der Waals surface area contributed by atoms with Crippen molar-refractivity contribution < 1.29 is 19.5 Å². The van der Waals surface area contributed by atoms with Gasteiger partial charge in [0.25, 0.3) is 0 Å². The van der Waals surface area contributed by atoms with Crippen molar-refractivity contribution in [3.05, 3.63) is 40.7 Å². The average Bonchev–Trinajstić information content (AvgIpc) is 3.52. The lowest BCUT2D eigenvalue weighted by Gasteiger charge is -2.37. The van der Waals surface area contributed by atoms with Crippen LogP contribution in [0.3, 0.4) is 0 Å². The third kappa shape index (κ3) is 6.05. The molecule has 1 amide bonds. The summed E-state index contributed by atoms with van der Waals surface area (Å²) in [7, 11) is 0. The van der Waals surface area contributed by atoms with E-state index < -0.39 is 5.97 Å². The summed E-state index contributed by atoms with van der Waals surface area (Å²) in [5, 5.41) is 12.5. The van der Waals surface area contributed by atoms with E-state index in [0.717, 1.165) is 29.5 Å². The van der Waals surface area contributed by atoms with Gasteiger partial charge in [-0.15, -0.1) is 5.48 Å². The maximum Gasteiger partial charge on any atom is 0.306 e. The molecule has 4 aliphatic rings. The standard InChI is InChI=1S/C31H44N2O4/c1-17(2)9-20-12-24(13-20)30-28(22-6-7-22)29(33-37-30)23(11-21-14-25(15-21)31(35)36)16-27(34)32-26-8-5-18(3)10-19(26)4/h5,8,10,17,20-25,29,33H,6-7,9,11-16H2,1-4H3,(H,32,34)(H,35,36). The van der Waals surface area contributed by atoms with Crippen LogP contribution in [-0.4, -0.2) is 23.0 Å². The zero-order chi connectivity index (χ0) is 26.3. The number of anilines is 1. The molecule has 6 heteroatoms. The van der Waals surface area contributed by atoms with Gasteiger partial charge in [-0.2, -0.15) is 0 Å². The number of carbonyl (C=O) groups excluding carboxylic acids is 1.